The summed E-state index contributed by atoms with van der Waals surface area (Å²) >= 11 is 6.03. The average molecular weight is 420 g/mol. The van der Waals surface area contributed by atoms with Gasteiger partial charge in [-0.25, -0.2) is 14.8 Å². The van der Waals surface area contributed by atoms with Crippen molar-refractivity contribution in [1.82, 2.24) is 20.3 Å². The highest BCUT2D eigenvalue weighted by atomic mass is 35.5. The molecule has 0 saturated carbocycles. The predicted octanol–water partition coefficient (Wildman–Crippen LogP) is 1.75. The number of ether oxygens (including phenoxy) is 1. The van der Waals surface area contributed by atoms with E-state index in [1.165, 1.54) is 6.33 Å². The molecule has 0 bridgehead atoms. The van der Waals surface area contributed by atoms with E-state index in [4.69, 9.17) is 22.1 Å². The molecule has 1 aliphatic rings. The van der Waals surface area contributed by atoms with Gasteiger partial charge in [0.1, 0.15) is 12.0 Å². The van der Waals surface area contributed by atoms with Gasteiger partial charge in [0.2, 0.25) is 0 Å². The molecule has 1 aliphatic heterocycles. The van der Waals surface area contributed by atoms with E-state index < -0.39 is 5.91 Å². The molecule has 2 aromatic rings. The van der Waals surface area contributed by atoms with Gasteiger partial charge in [0, 0.05) is 26.2 Å². The molecule has 1 saturated heterocycles. The Bertz CT molecular complexity index is 888. The fourth-order valence-electron chi connectivity index (χ4n) is 2.88. The lowest BCUT2D eigenvalue weighted by molar-refractivity contribution is 0.0962. The Balaban J connectivity index is 1.64. The quantitative estimate of drug-likeness (QED) is 0.626. The highest BCUT2D eigenvalue weighted by molar-refractivity contribution is 6.33. The van der Waals surface area contributed by atoms with Gasteiger partial charge in [-0.15, -0.1) is 0 Å². The standard InChI is InChI=1S/C18H22ClN7O3/c1-2-29-18(28)26-9-7-25(8-10-26)16-14(20)15(21-11-22-16)23-24-17(27)12-5-3-4-6-13(12)19/h3-6,11H,2,7-10,20H2,1H3,(H,24,27)(H,21,22,23). The molecule has 1 aromatic heterocycles. The van der Waals surface area contributed by atoms with Crippen molar-refractivity contribution in [2.24, 2.45) is 0 Å². The molecule has 10 nitrogen and oxygen atoms in total. The fraction of sp³-hybridized carbons (Fsp3) is 0.333. The molecule has 11 heteroatoms. The minimum atomic E-state index is -0.418. The van der Waals surface area contributed by atoms with Crippen molar-refractivity contribution in [3.05, 3.63) is 41.2 Å². The van der Waals surface area contributed by atoms with E-state index in [0.717, 1.165) is 0 Å². The summed E-state index contributed by atoms with van der Waals surface area (Å²) in [4.78, 5) is 36.0. The zero-order valence-corrected chi connectivity index (χ0v) is 16.6. The number of carbonyl (C=O) groups is 2. The second kappa shape index (κ2) is 9.28. The van der Waals surface area contributed by atoms with Crippen LogP contribution >= 0.6 is 11.6 Å². The smallest absolute Gasteiger partial charge is 0.409 e. The molecule has 0 unspecified atom stereocenters. The van der Waals surface area contributed by atoms with Crippen LogP contribution in [0.2, 0.25) is 5.02 Å². The number of carbonyl (C=O) groups excluding carboxylic acids is 2. The number of anilines is 3. The molecule has 0 atom stereocenters. The molecule has 3 rings (SSSR count). The minimum absolute atomic E-state index is 0.267. The third-order valence-corrected chi connectivity index (χ3v) is 4.71. The summed E-state index contributed by atoms with van der Waals surface area (Å²) < 4.78 is 5.02. The number of nitrogen functional groups attached to an aromatic ring is 1. The van der Waals surface area contributed by atoms with E-state index >= 15 is 0 Å². The normalized spacial score (nSPS) is 13.7. The second-order valence-electron chi connectivity index (χ2n) is 6.19. The van der Waals surface area contributed by atoms with Crippen LogP contribution in [0.5, 0.6) is 0 Å². The van der Waals surface area contributed by atoms with Crippen LogP contribution in [0, 0.1) is 0 Å². The third kappa shape index (κ3) is 4.77. The van der Waals surface area contributed by atoms with Crippen LogP contribution in [0.25, 0.3) is 0 Å². The number of rotatable bonds is 5. The van der Waals surface area contributed by atoms with E-state index in [-0.39, 0.29) is 17.6 Å². The highest BCUT2D eigenvalue weighted by Crippen LogP contribution is 2.26. The number of amides is 2. The van der Waals surface area contributed by atoms with Gasteiger partial charge < -0.3 is 20.3 Å². The van der Waals surface area contributed by atoms with E-state index in [9.17, 15) is 9.59 Å². The zero-order chi connectivity index (χ0) is 20.8. The number of nitrogens with two attached hydrogens (primary N) is 1. The molecule has 2 amide bonds. The first-order valence-electron chi connectivity index (χ1n) is 9.09. The number of nitrogens with zero attached hydrogens (tertiary/aromatic N) is 4. The minimum Gasteiger partial charge on any atom is -0.450 e. The van der Waals surface area contributed by atoms with Crippen molar-refractivity contribution in [2.45, 2.75) is 6.92 Å². The van der Waals surface area contributed by atoms with Gasteiger partial charge in [-0.3, -0.25) is 15.6 Å². The first-order chi connectivity index (χ1) is 14.0. The second-order valence-corrected chi connectivity index (χ2v) is 6.60. The molecular formula is C18H22ClN7O3. The molecule has 1 aromatic carbocycles. The van der Waals surface area contributed by atoms with Gasteiger partial charge in [0.25, 0.3) is 5.91 Å². The van der Waals surface area contributed by atoms with Crippen molar-refractivity contribution in [1.29, 1.82) is 0 Å². The van der Waals surface area contributed by atoms with Crippen LogP contribution in [0.15, 0.2) is 30.6 Å². The molecule has 154 valence electrons. The van der Waals surface area contributed by atoms with Gasteiger partial charge in [0.15, 0.2) is 11.6 Å². The molecule has 0 aliphatic carbocycles. The van der Waals surface area contributed by atoms with Crippen LogP contribution in [0.3, 0.4) is 0 Å². The highest BCUT2D eigenvalue weighted by Gasteiger charge is 2.24. The Kier molecular flexibility index (Phi) is 6.55. The maximum Gasteiger partial charge on any atom is 0.409 e. The predicted molar refractivity (Wildman–Crippen MR) is 110 cm³/mol. The first kappa shape index (κ1) is 20.5. The van der Waals surface area contributed by atoms with Gasteiger partial charge in [-0.1, -0.05) is 23.7 Å². The number of benzene rings is 1. The van der Waals surface area contributed by atoms with E-state index in [2.05, 4.69) is 20.8 Å². The maximum absolute atomic E-state index is 12.3. The number of aromatic nitrogens is 2. The van der Waals surface area contributed by atoms with Crippen molar-refractivity contribution >= 4 is 40.9 Å². The average Bonchev–Trinajstić information content (AvgIpc) is 2.73. The van der Waals surface area contributed by atoms with Crippen molar-refractivity contribution in [3.8, 4) is 0 Å². The molecule has 4 N–H and O–H groups in total. The number of piperazine rings is 1. The Hall–Kier alpha value is -3.27. The Morgan fingerprint density at radius 3 is 2.62 bits per heavy atom. The summed E-state index contributed by atoms with van der Waals surface area (Å²) in [7, 11) is 0. The summed E-state index contributed by atoms with van der Waals surface area (Å²) in [6.07, 6.45) is 1.03. The first-order valence-corrected chi connectivity index (χ1v) is 9.47. The number of hydrogen-bond acceptors (Lipinski definition) is 8. The number of nitrogens with one attached hydrogen (secondary N) is 2. The molecular weight excluding hydrogens is 398 g/mol. The SMILES string of the molecule is CCOC(=O)N1CCN(c2ncnc(NNC(=O)c3ccccc3Cl)c2N)CC1. The van der Waals surface area contributed by atoms with E-state index in [1.807, 2.05) is 4.90 Å². The lowest BCUT2D eigenvalue weighted by Crippen LogP contribution is -2.49. The molecule has 0 radical (unpaired) electrons. The molecule has 29 heavy (non-hydrogen) atoms. The van der Waals surface area contributed by atoms with E-state index in [1.54, 1.807) is 36.1 Å². The summed E-state index contributed by atoms with van der Waals surface area (Å²) in [5.41, 5.74) is 12.1. The summed E-state index contributed by atoms with van der Waals surface area (Å²) in [6, 6.07) is 6.69. The Morgan fingerprint density at radius 2 is 1.93 bits per heavy atom. The van der Waals surface area contributed by atoms with Crippen LogP contribution in [0.4, 0.5) is 22.1 Å². The number of halogens is 1. The van der Waals surface area contributed by atoms with Crippen LogP contribution in [-0.4, -0.2) is 59.7 Å². The summed E-state index contributed by atoms with van der Waals surface area (Å²) in [5.74, 6) is 0.374. The third-order valence-electron chi connectivity index (χ3n) is 4.38. The summed E-state index contributed by atoms with van der Waals surface area (Å²) in [6.45, 7) is 4.20. The Labute approximate surface area is 173 Å². The van der Waals surface area contributed by atoms with Gasteiger partial charge >= 0.3 is 6.09 Å². The van der Waals surface area contributed by atoms with Gasteiger partial charge in [-0.2, -0.15) is 0 Å². The van der Waals surface area contributed by atoms with Crippen molar-refractivity contribution in [3.63, 3.8) is 0 Å². The van der Waals surface area contributed by atoms with Crippen LogP contribution in [0.1, 0.15) is 17.3 Å². The van der Waals surface area contributed by atoms with Gasteiger partial charge in [-0.05, 0) is 19.1 Å². The molecule has 1 fully saturated rings. The fourth-order valence-corrected chi connectivity index (χ4v) is 3.10. The largest absolute Gasteiger partial charge is 0.450 e. The maximum atomic E-state index is 12.3. The molecule has 0 spiro atoms. The number of hydrazine groups is 1. The zero-order valence-electron chi connectivity index (χ0n) is 15.9. The number of hydrogen-bond donors (Lipinski definition) is 3. The molecule has 2 heterocycles. The topological polar surface area (TPSA) is 126 Å². The van der Waals surface area contributed by atoms with Crippen molar-refractivity contribution < 1.29 is 14.3 Å². The summed E-state index contributed by atoms with van der Waals surface area (Å²) in [5, 5.41) is 0.336. The lowest BCUT2D eigenvalue weighted by Gasteiger charge is -2.35. The van der Waals surface area contributed by atoms with Gasteiger partial charge in [0.05, 0.1) is 17.2 Å². The van der Waals surface area contributed by atoms with E-state index in [0.29, 0.717) is 49.2 Å². The van der Waals surface area contributed by atoms with Crippen molar-refractivity contribution in [2.75, 3.05) is 48.8 Å². The Morgan fingerprint density at radius 1 is 1.21 bits per heavy atom. The van der Waals surface area contributed by atoms with Crippen LogP contribution in [-0.2, 0) is 4.74 Å². The van der Waals surface area contributed by atoms with Crippen LogP contribution < -0.4 is 21.5 Å². The monoisotopic (exact) mass is 419 g/mol. The lowest BCUT2D eigenvalue weighted by atomic mass is 10.2.